The van der Waals surface area contributed by atoms with E-state index in [1.54, 1.807) is 34.6 Å². The Morgan fingerprint density at radius 2 is 1.72 bits per heavy atom. The molecule has 1 fully saturated rings. The van der Waals surface area contributed by atoms with Gasteiger partial charge in [0, 0.05) is 41.8 Å². The van der Waals surface area contributed by atoms with E-state index in [-0.39, 0.29) is 5.91 Å². The van der Waals surface area contributed by atoms with Crippen molar-refractivity contribution >= 4 is 38.4 Å². The molecule has 6 nitrogen and oxygen atoms in total. The van der Waals surface area contributed by atoms with Gasteiger partial charge in [-0.25, -0.2) is 8.42 Å². The summed E-state index contributed by atoms with van der Waals surface area (Å²) in [5.74, 6) is -0.112. The molecule has 170 valence electrons. The summed E-state index contributed by atoms with van der Waals surface area (Å²) in [6, 6.07) is 13.9. The number of nitrogens with one attached hydrogen (secondary N) is 1. The molecule has 1 saturated heterocycles. The molecular weight excluding hydrogens is 446 g/mol. The number of hydrogen-bond donors (Lipinski definition) is 1. The van der Waals surface area contributed by atoms with Crippen molar-refractivity contribution < 1.29 is 13.2 Å². The van der Waals surface area contributed by atoms with Gasteiger partial charge in [-0.2, -0.15) is 4.31 Å². The van der Waals surface area contributed by atoms with Crippen molar-refractivity contribution in [1.82, 2.24) is 14.2 Å². The number of hydrogen-bond acceptors (Lipinski definition) is 3. The Balaban J connectivity index is 1.50. The van der Waals surface area contributed by atoms with Gasteiger partial charge >= 0.3 is 0 Å². The van der Waals surface area contributed by atoms with Crippen molar-refractivity contribution in [1.29, 1.82) is 0 Å². The van der Waals surface area contributed by atoms with Gasteiger partial charge in [0.2, 0.25) is 15.9 Å². The summed E-state index contributed by atoms with van der Waals surface area (Å²) >= 11 is 5.91. The van der Waals surface area contributed by atoms with Crippen LogP contribution in [-0.4, -0.2) is 36.3 Å². The average Bonchev–Trinajstić information content (AvgIpc) is 3.01. The number of carbonyl (C=O) groups excluding carboxylic acids is 1. The molecule has 0 radical (unpaired) electrons. The van der Waals surface area contributed by atoms with Crippen LogP contribution < -0.4 is 5.32 Å². The molecule has 2 heterocycles. The number of carbonyl (C=O) groups is 1. The second-order valence-corrected chi connectivity index (χ2v) is 10.7. The second kappa shape index (κ2) is 9.65. The summed E-state index contributed by atoms with van der Waals surface area (Å²) in [5.41, 5.74) is 1.80. The summed E-state index contributed by atoms with van der Waals surface area (Å²) in [5, 5.41) is 4.41. The van der Waals surface area contributed by atoms with Crippen molar-refractivity contribution in [3.05, 3.63) is 65.3 Å². The molecule has 1 aliphatic rings. The van der Waals surface area contributed by atoms with E-state index in [1.807, 2.05) is 35.9 Å². The van der Waals surface area contributed by atoms with Crippen LogP contribution in [0.15, 0.2) is 59.6 Å². The number of sulfonamides is 1. The van der Waals surface area contributed by atoms with Crippen molar-refractivity contribution in [3.8, 4) is 0 Å². The first kappa shape index (κ1) is 22.8. The SMILES string of the molecule is C[C@@H](C(=O)NCc1ccc(Cl)cc1)n1ccc2cc(S(=O)(=O)N3CCCCCC3)ccc21. The highest BCUT2D eigenvalue weighted by atomic mass is 35.5. The molecule has 2 aromatic carbocycles. The third-order valence-electron chi connectivity index (χ3n) is 6.07. The van der Waals surface area contributed by atoms with E-state index in [0.29, 0.717) is 29.6 Å². The van der Waals surface area contributed by atoms with Crippen LogP contribution in [0.3, 0.4) is 0 Å². The van der Waals surface area contributed by atoms with Crippen LogP contribution in [0.25, 0.3) is 10.9 Å². The molecule has 0 aliphatic carbocycles. The van der Waals surface area contributed by atoms with E-state index in [9.17, 15) is 13.2 Å². The molecular formula is C24H28ClN3O3S. The Morgan fingerprint density at radius 3 is 2.41 bits per heavy atom. The third-order valence-corrected chi connectivity index (χ3v) is 8.22. The normalized spacial score (nSPS) is 16.6. The van der Waals surface area contributed by atoms with Gasteiger partial charge in [0.1, 0.15) is 6.04 Å². The number of aromatic nitrogens is 1. The van der Waals surface area contributed by atoms with Crippen LogP contribution in [0.1, 0.15) is 44.2 Å². The Bertz CT molecular complexity index is 1200. The average molecular weight is 474 g/mol. The topological polar surface area (TPSA) is 71.4 Å². The van der Waals surface area contributed by atoms with Crippen molar-refractivity contribution in [2.75, 3.05) is 13.1 Å². The van der Waals surface area contributed by atoms with Crippen LogP contribution in [0.4, 0.5) is 0 Å². The van der Waals surface area contributed by atoms with Crippen molar-refractivity contribution in [3.63, 3.8) is 0 Å². The number of fused-ring (bicyclic) bond motifs is 1. The minimum atomic E-state index is -3.51. The molecule has 0 saturated carbocycles. The van der Waals surface area contributed by atoms with Gasteiger partial charge in [0.05, 0.1) is 4.90 Å². The predicted octanol–water partition coefficient (Wildman–Crippen LogP) is 4.74. The second-order valence-electron chi connectivity index (χ2n) is 8.28. The van der Waals surface area contributed by atoms with Gasteiger partial charge in [0.25, 0.3) is 0 Å². The van der Waals surface area contributed by atoms with Crippen LogP contribution >= 0.6 is 11.6 Å². The number of rotatable bonds is 6. The highest BCUT2D eigenvalue weighted by molar-refractivity contribution is 7.89. The largest absolute Gasteiger partial charge is 0.350 e. The smallest absolute Gasteiger partial charge is 0.243 e. The standard InChI is InChI=1S/C24H28ClN3O3S/c1-18(24(29)26-17-19-6-8-21(25)9-7-19)28-15-12-20-16-22(10-11-23(20)28)32(30,31)27-13-4-2-3-5-14-27/h6-12,15-16,18H,2-5,13-14,17H2,1H3,(H,26,29)/t18-/m0/s1. The number of nitrogens with zero attached hydrogens (tertiary/aromatic N) is 2. The number of amides is 1. The zero-order valence-electron chi connectivity index (χ0n) is 18.1. The summed E-state index contributed by atoms with van der Waals surface area (Å²) in [7, 11) is -3.51. The van der Waals surface area contributed by atoms with E-state index in [2.05, 4.69) is 5.32 Å². The maximum absolute atomic E-state index is 13.1. The van der Waals surface area contributed by atoms with Crippen LogP contribution in [-0.2, 0) is 21.4 Å². The van der Waals surface area contributed by atoms with Crippen LogP contribution in [0, 0.1) is 0 Å². The first-order chi connectivity index (χ1) is 15.4. The molecule has 0 spiro atoms. The molecule has 8 heteroatoms. The predicted molar refractivity (Wildman–Crippen MR) is 127 cm³/mol. The molecule has 1 N–H and O–H groups in total. The first-order valence-electron chi connectivity index (χ1n) is 11.0. The Kier molecular flexibility index (Phi) is 6.88. The zero-order valence-corrected chi connectivity index (χ0v) is 19.7. The van der Waals surface area contributed by atoms with Gasteiger partial charge in [-0.3, -0.25) is 4.79 Å². The molecule has 1 aliphatic heterocycles. The van der Waals surface area contributed by atoms with Gasteiger partial charge in [-0.1, -0.05) is 36.6 Å². The Morgan fingerprint density at radius 1 is 1.03 bits per heavy atom. The molecule has 4 rings (SSSR count). The minimum absolute atomic E-state index is 0.112. The molecule has 0 bridgehead atoms. The third kappa shape index (κ3) is 4.85. The molecule has 1 atom stereocenters. The molecule has 0 unspecified atom stereocenters. The monoisotopic (exact) mass is 473 g/mol. The van der Waals surface area contributed by atoms with Crippen molar-refractivity contribution in [2.45, 2.75) is 50.1 Å². The summed E-state index contributed by atoms with van der Waals surface area (Å²) in [4.78, 5) is 13.0. The fraction of sp³-hybridized carbons (Fsp3) is 0.375. The summed E-state index contributed by atoms with van der Waals surface area (Å²) in [6.07, 6.45) is 5.79. The maximum Gasteiger partial charge on any atom is 0.243 e. The Hall–Kier alpha value is -2.35. The lowest BCUT2D eigenvalue weighted by Gasteiger charge is -2.20. The maximum atomic E-state index is 13.1. The molecule has 1 amide bonds. The first-order valence-corrected chi connectivity index (χ1v) is 12.8. The summed E-state index contributed by atoms with van der Waals surface area (Å²) in [6.45, 7) is 3.40. The lowest BCUT2D eigenvalue weighted by molar-refractivity contribution is -0.123. The lowest BCUT2D eigenvalue weighted by atomic mass is 10.2. The molecule has 32 heavy (non-hydrogen) atoms. The van der Waals surface area contributed by atoms with E-state index < -0.39 is 16.1 Å². The Labute approximate surface area is 194 Å². The highest BCUT2D eigenvalue weighted by Gasteiger charge is 2.26. The zero-order chi connectivity index (χ0) is 22.7. The number of benzene rings is 2. The van der Waals surface area contributed by atoms with Gasteiger partial charge in [-0.05, 0) is 61.7 Å². The molecule has 3 aromatic rings. The fourth-order valence-corrected chi connectivity index (χ4v) is 5.82. The van der Waals surface area contributed by atoms with Gasteiger partial charge in [-0.15, -0.1) is 0 Å². The highest BCUT2D eigenvalue weighted by Crippen LogP contribution is 2.26. The fourth-order valence-electron chi connectivity index (χ4n) is 4.14. The minimum Gasteiger partial charge on any atom is -0.350 e. The van der Waals surface area contributed by atoms with Crippen molar-refractivity contribution in [2.24, 2.45) is 0 Å². The van der Waals surface area contributed by atoms with Gasteiger partial charge < -0.3 is 9.88 Å². The number of halogens is 1. The van der Waals surface area contributed by atoms with E-state index in [4.69, 9.17) is 11.6 Å². The summed E-state index contributed by atoms with van der Waals surface area (Å²) < 4.78 is 29.7. The van der Waals surface area contributed by atoms with E-state index in [0.717, 1.165) is 42.1 Å². The van der Waals surface area contributed by atoms with Crippen LogP contribution in [0.5, 0.6) is 0 Å². The lowest BCUT2D eigenvalue weighted by Crippen LogP contribution is -2.32. The molecule has 1 aromatic heterocycles. The quantitative estimate of drug-likeness (QED) is 0.562. The van der Waals surface area contributed by atoms with E-state index >= 15 is 0 Å². The van der Waals surface area contributed by atoms with Gasteiger partial charge in [0.15, 0.2) is 0 Å². The van der Waals surface area contributed by atoms with Crippen LogP contribution in [0.2, 0.25) is 5.02 Å². The van der Waals surface area contributed by atoms with E-state index in [1.165, 1.54) is 0 Å².